The maximum Gasteiger partial charge on any atom is 0.0380 e. The molecule has 3 unspecified atom stereocenters. The summed E-state index contributed by atoms with van der Waals surface area (Å²) in [5.74, 6) is 0.730. The van der Waals surface area contributed by atoms with Gasteiger partial charge in [-0.15, -0.1) is 0 Å². The molecule has 2 saturated heterocycles. The molecule has 0 aromatic heterocycles. The van der Waals surface area contributed by atoms with E-state index in [1.807, 2.05) is 0 Å². The number of fused-ring (bicyclic) bond motifs is 2. The molecule has 2 aliphatic rings. The van der Waals surface area contributed by atoms with Gasteiger partial charge >= 0.3 is 0 Å². The fourth-order valence-corrected chi connectivity index (χ4v) is 2.26. The van der Waals surface area contributed by atoms with Crippen LogP contribution in [-0.2, 0) is 0 Å². The van der Waals surface area contributed by atoms with Gasteiger partial charge in [0.2, 0.25) is 0 Å². The van der Waals surface area contributed by atoms with Crippen molar-refractivity contribution < 1.29 is 5.21 Å². The zero-order chi connectivity index (χ0) is 6.43. The fraction of sp³-hybridized carbons (Fsp3) is 1.00. The molecular formula is C7H13NO. The van der Waals surface area contributed by atoms with Gasteiger partial charge in [-0.1, -0.05) is 6.92 Å². The third kappa shape index (κ3) is 0.634. The summed E-state index contributed by atoms with van der Waals surface area (Å²) in [5, 5.41) is 10.9. The van der Waals surface area contributed by atoms with E-state index in [2.05, 4.69) is 6.92 Å². The highest BCUT2D eigenvalue weighted by molar-refractivity contribution is 4.94. The third-order valence-corrected chi connectivity index (χ3v) is 2.81. The second-order valence-corrected chi connectivity index (χ2v) is 3.39. The molecule has 2 nitrogen and oxygen atoms in total. The second kappa shape index (κ2) is 1.70. The third-order valence-electron chi connectivity index (χ3n) is 2.81. The molecule has 2 bridgehead atoms. The fourth-order valence-electron chi connectivity index (χ4n) is 2.26. The van der Waals surface area contributed by atoms with Crippen molar-refractivity contribution in [1.29, 1.82) is 0 Å². The van der Waals surface area contributed by atoms with Crippen LogP contribution in [0.3, 0.4) is 0 Å². The Morgan fingerprint density at radius 3 is 2.44 bits per heavy atom. The van der Waals surface area contributed by atoms with Gasteiger partial charge in [0.15, 0.2) is 0 Å². The molecule has 2 fully saturated rings. The predicted octanol–water partition coefficient (Wildman–Crippen LogP) is 1.25. The lowest BCUT2D eigenvalue weighted by Crippen LogP contribution is -2.25. The second-order valence-electron chi connectivity index (χ2n) is 3.39. The maximum absolute atomic E-state index is 9.33. The molecular weight excluding hydrogens is 114 g/mol. The first-order chi connectivity index (χ1) is 4.29. The molecule has 52 valence electrons. The molecule has 0 amide bonds. The van der Waals surface area contributed by atoms with Crippen molar-refractivity contribution in [3.8, 4) is 0 Å². The minimum absolute atomic E-state index is 0.495. The Kier molecular flexibility index (Phi) is 1.08. The average Bonchev–Trinajstić information content (AvgIpc) is 2.25. The predicted molar refractivity (Wildman–Crippen MR) is 34.2 cm³/mol. The monoisotopic (exact) mass is 127 g/mol. The SMILES string of the molecule is CC1CC2CCC1N2O. The number of hydroxylamine groups is 2. The lowest BCUT2D eigenvalue weighted by Gasteiger charge is -2.14. The van der Waals surface area contributed by atoms with Gasteiger partial charge in [-0.25, -0.2) is 0 Å². The summed E-state index contributed by atoms with van der Waals surface area (Å²) in [6.45, 7) is 2.23. The lowest BCUT2D eigenvalue weighted by molar-refractivity contribution is -0.111. The van der Waals surface area contributed by atoms with Crippen LogP contribution in [-0.4, -0.2) is 22.4 Å². The number of nitrogens with zero attached hydrogens (tertiary/aromatic N) is 1. The van der Waals surface area contributed by atoms with Crippen LogP contribution in [0.2, 0.25) is 0 Å². The number of hydrogen-bond acceptors (Lipinski definition) is 2. The van der Waals surface area contributed by atoms with E-state index in [1.54, 1.807) is 5.06 Å². The van der Waals surface area contributed by atoms with E-state index in [-0.39, 0.29) is 0 Å². The van der Waals surface area contributed by atoms with Crippen LogP contribution in [0.15, 0.2) is 0 Å². The minimum atomic E-state index is 0.495. The standard InChI is InChI=1S/C7H13NO/c1-5-4-6-2-3-7(5)8(6)9/h5-7,9H,2-4H2,1H3. The Hall–Kier alpha value is -0.0800. The van der Waals surface area contributed by atoms with E-state index < -0.39 is 0 Å². The summed E-state index contributed by atoms with van der Waals surface area (Å²) in [6.07, 6.45) is 3.63. The van der Waals surface area contributed by atoms with E-state index in [0.717, 1.165) is 5.92 Å². The van der Waals surface area contributed by atoms with Crippen LogP contribution in [0.4, 0.5) is 0 Å². The molecule has 1 N–H and O–H groups in total. The summed E-state index contributed by atoms with van der Waals surface area (Å²) in [5.41, 5.74) is 0. The molecule has 2 heterocycles. The van der Waals surface area contributed by atoms with Crippen LogP contribution in [0.25, 0.3) is 0 Å². The quantitative estimate of drug-likeness (QED) is 0.529. The van der Waals surface area contributed by atoms with Crippen molar-refractivity contribution in [3.05, 3.63) is 0 Å². The number of rotatable bonds is 0. The van der Waals surface area contributed by atoms with Gasteiger partial charge in [0.25, 0.3) is 0 Å². The van der Waals surface area contributed by atoms with Crippen molar-refractivity contribution in [2.45, 2.75) is 38.3 Å². The Labute approximate surface area is 55.4 Å². The zero-order valence-electron chi connectivity index (χ0n) is 5.75. The van der Waals surface area contributed by atoms with Crippen LogP contribution < -0.4 is 0 Å². The van der Waals surface area contributed by atoms with Crippen molar-refractivity contribution in [2.24, 2.45) is 5.92 Å². The van der Waals surface area contributed by atoms with E-state index in [9.17, 15) is 5.21 Å². The van der Waals surface area contributed by atoms with Crippen LogP contribution in [0, 0.1) is 5.92 Å². The van der Waals surface area contributed by atoms with Crippen LogP contribution >= 0.6 is 0 Å². The molecule has 0 saturated carbocycles. The highest BCUT2D eigenvalue weighted by Gasteiger charge is 2.43. The van der Waals surface area contributed by atoms with Crippen molar-refractivity contribution in [2.75, 3.05) is 0 Å². The summed E-state index contributed by atoms with van der Waals surface area (Å²) >= 11 is 0. The Balaban J connectivity index is 2.16. The van der Waals surface area contributed by atoms with Gasteiger partial charge in [0.1, 0.15) is 0 Å². The molecule has 3 atom stereocenters. The normalized spacial score (nSPS) is 50.7. The largest absolute Gasteiger partial charge is 0.313 e. The Morgan fingerprint density at radius 1 is 1.44 bits per heavy atom. The highest BCUT2D eigenvalue weighted by atomic mass is 16.5. The van der Waals surface area contributed by atoms with Crippen molar-refractivity contribution >= 4 is 0 Å². The molecule has 0 aromatic rings. The van der Waals surface area contributed by atoms with E-state index in [4.69, 9.17) is 0 Å². The van der Waals surface area contributed by atoms with Gasteiger partial charge in [-0.05, 0) is 25.2 Å². The van der Waals surface area contributed by atoms with E-state index >= 15 is 0 Å². The van der Waals surface area contributed by atoms with Gasteiger partial charge in [0.05, 0.1) is 0 Å². The van der Waals surface area contributed by atoms with E-state index in [0.29, 0.717) is 12.1 Å². The molecule has 2 rings (SSSR count). The Morgan fingerprint density at radius 2 is 2.22 bits per heavy atom. The first kappa shape index (κ1) is 5.69. The molecule has 0 radical (unpaired) electrons. The lowest BCUT2D eigenvalue weighted by atomic mass is 9.91. The summed E-state index contributed by atoms with van der Waals surface area (Å²) in [7, 11) is 0. The molecule has 2 heteroatoms. The molecule has 2 aliphatic heterocycles. The first-order valence-electron chi connectivity index (χ1n) is 3.76. The summed E-state index contributed by atoms with van der Waals surface area (Å²) in [4.78, 5) is 0. The topological polar surface area (TPSA) is 23.5 Å². The van der Waals surface area contributed by atoms with Crippen LogP contribution in [0.5, 0.6) is 0 Å². The van der Waals surface area contributed by atoms with Crippen molar-refractivity contribution in [1.82, 2.24) is 5.06 Å². The first-order valence-corrected chi connectivity index (χ1v) is 3.76. The van der Waals surface area contributed by atoms with Gasteiger partial charge in [-0.3, -0.25) is 0 Å². The van der Waals surface area contributed by atoms with Crippen LogP contribution in [0.1, 0.15) is 26.2 Å². The summed E-state index contributed by atoms with van der Waals surface area (Å²) in [6, 6.07) is 1.000. The average molecular weight is 127 g/mol. The van der Waals surface area contributed by atoms with E-state index in [1.165, 1.54) is 19.3 Å². The smallest absolute Gasteiger partial charge is 0.0380 e. The maximum atomic E-state index is 9.33. The molecule has 0 aliphatic carbocycles. The van der Waals surface area contributed by atoms with Gasteiger partial charge in [-0.2, -0.15) is 5.06 Å². The minimum Gasteiger partial charge on any atom is -0.313 e. The highest BCUT2D eigenvalue weighted by Crippen LogP contribution is 2.39. The van der Waals surface area contributed by atoms with Crippen molar-refractivity contribution in [3.63, 3.8) is 0 Å². The molecule has 0 spiro atoms. The zero-order valence-corrected chi connectivity index (χ0v) is 5.75. The van der Waals surface area contributed by atoms with Gasteiger partial charge < -0.3 is 5.21 Å². The summed E-state index contributed by atoms with van der Waals surface area (Å²) < 4.78 is 0. The van der Waals surface area contributed by atoms with Gasteiger partial charge in [0, 0.05) is 12.1 Å². The Bertz CT molecular complexity index is 126. The molecule has 0 aromatic carbocycles. The number of hydrogen-bond donors (Lipinski definition) is 1. The molecule has 9 heavy (non-hydrogen) atoms.